The van der Waals surface area contributed by atoms with Crippen molar-refractivity contribution in [3.05, 3.63) is 65.4 Å². The van der Waals surface area contributed by atoms with Gasteiger partial charge in [0.05, 0.1) is 14.8 Å². The number of carbonyl (C=O) groups excluding carboxylic acids is 1. The summed E-state index contributed by atoms with van der Waals surface area (Å²) in [4.78, 5) is 16.9. The Morgan fingerprint density at radius 2 is 1.87 bits per heavy atom. The number of hydrogen-bond donors (Lipinski definition) is 1. The van der Waals surface area contributed by atoms with Crippen molar-refractivity contribution in [3.8, 4) is 5.75 Å². The molecule has 0 radical (unpaired) electrons. The lowest BCUT2D eigenvalue weighted by Crippen LogP contribution is -2.49. The van der Waals surface area contributed by atoms with E-state index in [1.54, 1.807) is 24.3 Å². The van der Waals surface area contributed by atoms with E-state index < -0.39 is 42.5 Å². The number of urea groups is 1. The van der Waals surface area contributed by atoms with Gasteiger partial charge in [-0.1, -0.05) is 38.1 Å². The zero-order valence-electron chi connectivity index (χ0n) is 24.3. The molecule has 2 aromatic rings. The highest BCUT2D eigenvalue weighted by atomic mass is 19.1. The molecule has 168 valence electrons. The van der Waals surface area contributed by atoms with Gasteiger partial charge in [0, 0.05) is 19.1 Å². The van der Waals surface area contributed by atoms with E-state index in [0.29, 0.717) is 44.2 Å². The van der Waals surface area contributed by atoms with E-state index >= 15 is 0 Å². The minimum absolute atomic E-state index is 0.113. The van der Waals surface area contributed by atoms with Gasteiger partial charge in [0.15, 0.2) is 0 Å². The second kappa shape index (κ2) is 11.1. The Hall–Kier alpha value is -2.60. The predicted octanol–water partition coefficient (Wildman–Crippen LogP) is 4.67. The van der Waals surface area contributed by atoms with Gasteiger partial charge < -0.3 is 19.9 Å². The summed E-state index contributed by atoms with van der Waals surface area (Å²) in [6, 6.07) is 2.58. The SMILES string of the molecule is [2H]c1c([2H])c(CN(C(=O)NC([2H])([2H])c2ccc(OCC(C)C)cc2)C2CCN(C)CC2)c([2H])c([2H])c1F. The van der Waals surface area contributed by atoms with Crippen molar-refractivity contribution in [2.45, 2.75) is 45.8 Å². The summed E-state index contributed by atoms with van der Waals surface area (Å²) in [5, 5.41) is 2.43. The van der Waals surface area contributed by atoms with Crippen LogP contribution < -0.4 is 10.1 Å². The Bertz CT molecular complexity index is 1080. The van der Waals surface area contributed by atoms with Crippen LogP contribution in [-0.2, 0) is 13.0 Å². The van der Waals surface area contributed by atoms with Crippen LogP contribution in [0.4, 0.5) is 9.18 Å². The molecule has 0 bridgehead atoms. The van der Waals surface area contributed by atoms with Crippen molar-refractivity contribution in [1.29, 1.82) is 0 Å². The molecule has 3 rings (SSSR count). The lowest BCUT2D eigenvalue weighted by Gasteiger charge is -2.37. The normalized spacial score (nSPS) is 18.4. The fourth-order valence-corrected chi connectivity index (χ4v) is 3.34. The highest BCUT2D eigenvalue weighted by Gasteiger charge is 2.27. The number of benzene rings is 2. The van der Waals surface area contributed by atoms with E-state index in [2.05, 4.69) is 10.2 Å². The lowest BCUT2D eigenvalue weighted by molar-refractivity contribution is 0.127. The van der Waals surface area contributed by atoms with Gasteiger partial charge in [-0.25, -0.2) is 9.18 Å². The molecule has 2 amide bonds. The van der Waals surface area contributed by atoms with E-state index in [4.69, 9.17) is 13.0 Å². The molecule has 6 heteroatoms. The van der Waals surface area contributed by atoms with Crippen LogP contribution in [0, 0.1) is 11.7 Å². The Morgan fingerprint density at radius 1 is 1.23 bits per heavy atom. The summed E-state index contributed by atoms with van der Waals surface area (Å²) in [6.45, 7) is 3.40. The van der Waals surface area contributed by atoms with E-state index in [1.807, 2.05) is 20.9 Å². The molecule has 0 spiro atoms. The largest absolute Gasteiger partial charge is 0.493 e. The first-order chi connectivity index (χ1) is 17.3. The molecule has 2 aromatic carbocycles. The fraction of sp³-hybridized carbons (Fsp3) is 0.480. The molecule has 0 atom stereocenters. The summed E-state index contributed by atoms with van der Waals surface area (Å²) in [6.07, 6.45) is 1.16. The second-order valence-corrected chi connectivity index (χ2v) is 8.24. The van der Waals surface area contributed by atoms with Crippen molar-refractivity contribution in [1.82, 2.24) is 15.1 Å². The number of piperidine rings is 1. The summed E-state index contributed by atoms with van der Waals surface area (Å²) >= 11 is 0. The molecule has 1 fully saturated rings. The number of ether oxygens (including phenoxy) is 1. The van der Waals surface area contributed by atoms with E-state index in [1.165, 1.54) is 4.90 Å². The van der Waals surface area contributed by atoms with E-state index in [-0.39, 0.29) is 23.7 Å². The van der Waals surface area contributed by atoms with Gasteiger partial charge in [-0.05, 0) is 74.2 Å². The summed E-state index contributed by atoms with van der Waals surface area (Å²) in [5.41, 5.74) is 0.102. The molecule has 31 heavy (non-hydrogen) atoms. The van der Waals surface area contributed by atoms with Gasteiger partial charge in [-0.2, -0.15) is 0 Å². The monoisotopic (exact) mass is 433 g/mol. The maximum Gasteiger partial charge on any atom is 0.318 e. The molecule has 5 nitrogen and oxygen atoms in total. The zero-order chi connectivity index (χ0) is 27.5. The van der Waals surface area contributed by atoms with Gasteiger partial charge in [-0.3, -0.25) is 0 Å². The van der Waals surface area contributed by atoms with E-state index in [0.717, 1.165) is 0 Å². The number of halogens is 1. The third-order valence-corrected chi connectivity index (χ3v) is 5.12. The molecule has 1 saturated heterocycles. The molecule has 1 aliphatic rings. The number of likely N-dealkylation sites (tertiary alicyclic amines) is 1. The topological polar surface area (TPSA) is 44.8 Å². The lowest BCUT2D eigenvalue weighted by atomic mass is 10.0. The minimum Gasteiger partial charge on any atom is -0.493 e. The molecule has 1 heterocycles. The molecule has 0 saturated carbocycles. The standard InChI is InChI=1S/C25H34FN3O2/c1-19(2)18-31-24-10-6-20(7-11-24)16-27-25(30)29(23-12-14-28(3)15-13-23)17-21-4-8-22(26)9-5-21/h4-11,19,23H,12-18H2,1-3H3,(H,27,30)/i4D,5D,8D,9D,16D2. The first kappa shape index (κ1) is 16.1. The third kappa shape index (κ3) is 7.24. The highest BCUT2D eigenvalue weighted by Crippen LogP contribution is 2.19. The number of nitrogens with one attached hydrogen (secondary N) is 1. The van der Waals surface area contributed by atoms with Gasteiger partial charge in [0.2, 0.25) is 0 Å². The van der Waals surface area contributed by atoms with Crippen LogP contribution in [0.1, 0.15) is 46.0 Å². The van der Waals surface area contributed by atoms with Crippen LogP contribution in [0.15, 0.2) is 48.4 Å². The molecule has 1 N–H and O–H groups in total. The molecular formula is C25H34FN3O2. The number of nitrogens with zero attached hydrogens (tertiary/aromatic N) is 2. The van der Waals surface area contributed by atoms with Crippen LogP contribution in [0.3, 0.4) is 0 Å². The van der Waals surface area contributed by atoms with Crippen LogP contribution >= 0.6 is 0 Å². The predicted molar refractivity (Wildman–Crippen MR) is 121 cm³/mol. The average Bonchev–Trinajstić information content (AvgIpc) is 2.86. The maximum atomic E-state index is 14.1. The minimum atomic E-state index is -2.24. The number of carbonyl (C=O) groups is 1. The summed E-state index contributed by atoms with van der Waals surface area (Å²) in [7, 11) is 1.95. The van der Waals surface area contributed by atoms with Gasteiger partial charge in [0.1, 0.15) is 11.6 Å². The molecule has 0 aliphatic carbocycles. The zero-order valence-corrected chi connectivity index (χ0v) is 18.3. The van der Waals surface area contributed by atoms with Crippen molar-refractivity contribution >= 4 is 6.03 Å². The molecular weight excluding hydrogens is 393 g/mol. The van der Waals surface area contributed by atoms with Crippen LogP contribution in [0.2, 0.25) is 0 Å². The quantitative estimate of drug-likeness (QED) is 0.658. The highest BCUT2D eigenvalue weighted by molar-refractivity contribution is 5.74. The Labute approximate surface area is 193 Å². The van der Waals surface area contributed by atoms with Crippen molar-refractivity contribution in [3.63, 3.8) is 0 Å². The van der Waals surface area contributed by atoms with Gasteiger partial charge >= 0.3 is 6.03 Å². The summed E-state index contributed by atoms with van der Waals surface area (Å²) < 4.78 is 68.7. The fourth-order valence-electron chi connectivity index (χ4n) is 3.34. The average molecular weight is 434 g/mol. The second-order valence-electron chi connectivity index (χ2n) is 8.24. The molecule has 1 aliphatic heterocycles. The van der Waals surface area contributed by atoms with Crippen molar-refractivity contribution < 1.29 is 22.1 Å². The summed E-state index contributed by atoms with van der Waals surface area (Å²) in [5.74, 6) is -0.318. The van der Waals surface area contributed by atoms with Crippen LogP contribution in [0.25, 0.3) is 0 Å². The molecule has 0 aromatic heterocycles. The third-order valence-electron chi connectivity index (χ3n) is 5.12. The van der Waals surface area contributed by atoms with E-state index in [9.17, 15) is 9.18 Å². The van der Waals surface area contributed by atoms with Crippen LogP contribution in [-0.4, -0.2) is 48.6 Å². The Kier molecular flexibility index (Phi) is 5.78. The number of rotatable bonds is 8. The number of amides is 2. The van der Waals surface area contributed by atoms with Crippen LogP contribution in [0.5, 0.6) is 5.75 Å². The number of hydrogen-bond acceptors (Lipinski definition) is 3. The molecule has 0 unspecified atom stereocenters. The Balaban J connectivity index is 1.86. The first-order valence-corrected chi connectivity index (χ1v) is 10.6. The smallest absolute Gasteiger partial charge is 0.318 e. The van der Waals surface area contributed by atoms with Crippen molar-refractivity contribution in [2.75, 3.05) is 26.7 Å². The van der Waals surface area contributed by atoms with Gasteiger partial charge in [-0.15, -0.1) is 0 Å². The van der Waals surface area contributed by atoms with Crippen molar-refractivity contribution in [2.24, 2.45) is 5.92 Å². The Morgan fingerprint density at radius 3 is 2.48 bits per heavy atom. The maximum absolute atomic E-state index is 14.1. The first-order valence-electron chi connectivity index (χ1n) is 13.6. The van der Waals surface area contributed by atoms with Gasteiger partial charge in [0.25, 0.3) is 0 Å².